The molecule has 128 valence electrons. The lowest BCUT2D eigenvalue weighted by Crippen LogP contribution is -2.44. The first kappa shape index (κ1) is 16.0. The molecule has 1 saturated carbocycles. The number of hydrogen-bond acceptors (Lipinski definition) is 5. The molecule has 2 fully saturated rings. The first-order valence-corrected chi connectivity index (χ1v) is 8.47. The molecule has 4 rings (SSSR count). The number of halogens is 1. The molecule has 0 N–H and O–H groups in total. The second kappa shape index (κ2) is 6.08. The van der Waals surface area contributed by atoms with Crippen molar-refractivity contribution in [3.63, 3.8) is 0 Å². The smallest absolute Gasteiger partial charge is 0.349 e. The summed E-state index contributed by atoms with van der Waals surface area (Å²) in [4.78, 5) is 24.5. The molecule has 0 radical (unpaired) electrons. The van der Waals surface area contributed by atoms with E-state index in [1.165, 1.54) is 6.08 Å². The summed E-state index contributed by atoms with van der Waals surface area (Å²) in [6.45, 7) is 0. The fraction of sp³-hybridized carbons (Fsp3) is 0.263. The molecule has 1 saturated heterocycles. The Labute approximate surface area is 149 Å². The van der Waals surface area contributed by atoms with E-state index in [-0.39, 0.29) is 5.57 Å². The highest BCUT2D eigenvalue weighted by Crippen LogP contribution is 2.38. The Kier molecular flexibility index (Phi) is 3.88. The lowest BCUT2D eigenvalue weighted by atomic mass is 10.1. The van der Waals surface area contributed by atoms with Crippen LogP contribution in [0.3, 0.4) is 0 Å². The second-order valence-corrected chi connectivity index (χ2v) is 6.60. The Morgan fingerprint density at radius 1 is 1.00 bits per heavy atom. The van der Waals surface area contributed by atoms with E-state index in [9.17, 15) is 9.59 Å². The van der Waals surface area contributed by atoms with Gasteiger partial charge in [-0.1, -0.05) is 23.7 Å². The standard InChI is InChI=1S/C19H15ClO5/c20-13-5-3-4-12(10-13)16-7-6-14(23-16)11-15-17(21)24-19(25-18(15)22)8-1-2-9-19/h3-7,10-11H,1-2,8-9H2. The van der Waals surface area contributed by atoms with E-state index < -0.39 is 17.7 Å². The largest absolute Gasteiger partial charge is 0.457 e. The van der Waals surface area contributed by atoms with E-state index in [2.05, 4.69) is 0 Å². The number of hydrogen-bond donors (Lipinski definition) is 0. The lowest BCUT2D eigenvalue weighted by molar-refractivity contribution is -0.232. The first-order valence-electron chi connectivity index (χ1n) is 8.09. The Hall–Kier alpha value is -2.53. The molecule has 6 heteroatoms. The predicted molar refractivity (Wildman–Crippen MR) is 90.5 cm³/mol. The van der Waals surface area contributed by atoms with Crippen LogP contribution < -0.4 is 0 Å². The van der Waals surface area contributed by atoms with Crippen molar-refractivity contribution in [2.24, 2.45) is 0 Å². The topological polar surface area (TPSA) is 65.7 Å². The molecule has 1 aliphatic carbocycles. The van der Waals surface area contributed by atoms with Crippen molar-refractivity contribution in [3.05, 3.63) is 52.8 Å². The van der Waals surface area contributed by atoms with Gasteiger partial charge in [0, 0.05) is 29.5 Å². The number of rotatable bonds is 2. The summed E-state index contributed by atoms with van der Waals surface area (Å²) in [6, 6.07) is 10.6. The summed E-state index contributed by atoms with van der Waals surface area (Å²) in [5, 5.41) is 0.593. The van der Waals surface area contributed by atoms with E-state index in [1.54, 1.807) is 24.3 Å². The molecule has 5 nitrogen and oxygen atoms in total. The van der Waals surface area contributed by atoms with E-state index in [0.29, 0.717) is 29.4 Å². The van der Waals surface area contributed by atoms with Gasteiger partial charge in [0.15, 0.2) is 0 Å². The molecule has 0 amide bonds. The normalized spacial score (nSPS) is 19.0. The zero-order valence-corrected chi connectivity index (χ0v) is 14.0. The first-order chi connectivity index (χ1) is 12.0. The van der Waals surface area contributed by atoms with E-state index >= 15 is 0 Å². The van der Waals surface area contributed by atoms with Crippen molar-refractivity contribution in [1.29, 1.82) is 0 Å². The van der Waals surface area contributed by atoms with Crippen LogP contribution in [-0.4, -0.2) is 17.7 Å². The fourth-order valence-corrected chi connectivity index (χ4v) is 3.35. The summed E-state index contributed by atoms with van der Waals surface area (Å²) < 4.78 is 16.5. The van der Waals surface area contributed by atoms with Gasteiger partial charge in [-0.25, -0.2) is 9.59 Å². The van der Waals surface area contributed by atoms with Gasteiger partial charge in [0.25, 0.3) is 5.79 Å². The number of ether oxygens (including phenoxy) is 2. The van der Waals surface area contributed by atoms with Crippen LogP contribution >= 0.6 is 11.6 Å². The van der Waals surface area contributed by atoms with Crippen LogP contribution in [0.25, 0.3) is 17.4 Å². The van der Waals surface area contributed by atoms with Gasteiger partial charge >= 0.3 is 11.9 Å². The maximum absolute atomic E-state index is 12.2. The Morgan fingerprint density at radius 3 is 2.40 bits per heavy atom. The summed E-state index contributed by atoms with van der Waals surface area (Å²) in [5.41, 5.74) is 0.639. The summed E-state index contributed by atoms with van der Waals surface area (Å²) >= 11 is 5.98. The van der Waals surface area contributed by atoms with Crippen LogP contribution in [0.5, 0.6) is 0 Å². The van der Waals surface area contributed by atoms with Crippen LogP contribution in [0.4, 0.5) is 0 Å². The van der Waals surface area contributed by atoms with Gasteiger partial charge in [0.1, 0.15) is 17.1 Å². The predicted octanol–water partition coefficient (Wildman–Crippen LogP) is 4.35. The maximum Gasteiger partial charge on any atom is 0.349 e. The van der Waals surface area contributed by atoms with Crippen molar-refractivity contribution < 1.29 is 23.5 Å². The molecule has 2 heterocycles. The molecular formula is C19H15ClO5. The average Bonchev–Trinajstić information content (AvgIpc) is 3.21. The highest BCUT2D eigenvalue weighted by atomic mass is 35.5. The van der Waals surface area contributed by atoms with Crippen molar-refractivity contribution in [3.8, 4) is 11.3 Å². The van der Waals surface area contributed by atoms with Crippen LogP contribution in [0.2, 0.25) is 5.02 Å². The molecule has 1 aromatic carbocycles. The van der Waals surface area contributed by atoms with E-state index in [0.717, 1.165) is 18.4 Å². The molecule has 0 bridgehead atoms. The van der Waals surface area contributed by atoms with Crippen molar-refractivity contribution in [1.82, 2.24) is 0 Å². The zero-order chi connectivity index (χ0) is 17.4. The Morgan fingerprint density at radius 2 is 1.72 bits per heavy atom. The van der Waals surface area contributed by atoms with Crippen LogP contribution in [0, 0.1) is 0 Å². The number of carbonyl (C=O) groups excluding carboxylic acids is 2. The molecule has 25 heavy (non-hydrogen) atoms. The van der Waals surface area contributed by atoms with Gasteiger partial charge in [-0.15, -0.1) is 0 Å². The molecular weight excluding hydrogens is 344 g/mol. The summed E-state index contributed by atoms with van der Waals surface area (Å²) in [7, 11) is 0. The third-order valence-electron chi connectivity index (χ3n) is 4.39. The van der Waals surface area contributed by atoms with Crippen LogP contribution in [0.15, 0.2) is 46.4 Å². The van der Waals surface area contributed by atoms with E-state index in [4.69, 9.17) is 25.5 Å². The Balaban J connectivity index is 1.59. The summed E-state index contributed by atoms with van der Waals surface area (Å²) in [5.74, 6) is -1.46. The van der Waals surface area contributed by atoms with Crippen LogP contribution in [0.1, 0.15) is 31.4 Å². The van der Waals surface area contributed by atoms with E-state index in [1.807, 2.05) is 12.1 Å². The number of benzene rings is 1. The third kappa shape index (κ3) is 3.07. The van der Waals surface area contributed by atoms with Gasteiger partial charge in [-0.2, -0.15) is 0 Å². The average molecular weight is 359 g/mol. The molecule has 0 unspecified atom stereocenters. The van der Waals surface area contributed by atoms with Gasteiger partial charge < -0.3 is 13.9 Å². The zero-order valence-electron chi connectivity index (χ0n) is 13.3. The molecule has 1 aliphatic heterocycles. The SMILES string of the molecule is O=C1OC2(CCCC2)OC(=O)C1=Cc1ccc(-c2cccc(Cl)c2)o1. The van der Waals surface area contributed by atoms with Crippen molar-refractivity contribution in [2.75, 3.05) is 0 Å². The second-order valence-electron chi connectivity index (χ2n) is 6.17. The quantitative estimate of drug-likeness (QED) is 0.453. The molecule has 2 aliphatic rings. The maximum atomic E-state index is 12.2. The van der Waals surface area contributed by atoms with Gasteiger partial charge in [0.2, 0.25) is 0 Å². The van der Waals surface area contributed by atoms with Crippen molar-refractivity contribution >= 4 is 29.6 Å². The van der Waals surface area contributed by atoms with Gasteiger partial charge in [-0.05, 0) is 37.1 Å². The minimum atomic E-state index is -1.07. The minimum absolute atomic E-state index is 0.162. The lowest BCUT2D eigenvalue weighted by Gasteiger charge is -2.32. The van der Waals surface area contributed by atoms with Crippen LogP contribution in [-0.2, 0) is 19.1 Å². The monoisotopic (exact) mass is 358 g/mol. The van der Waals surface area contributed by atoms with Crippen molar-refractivity contribution in [2.45, 2.75) is 31.5 Å². The molecule has 1 spiro atoms. The van der Waals surface area contributed by atoms with Gasteiger partial charge in [0.05, 0.1) is 0 Å². The minimum Gasteiger partial charge on any atom is -0.457 e. The molecule has 1 aromatic heterocycles. The molecule has 2 aromatic rings. The highest BCUT2D eigenvalue weighted by molar-refractivity contribution is 6.30. The number of carbonyl (C=O) groups is 2. The Bertz CT molecular complexity index is 851. The fourth-order valence-electron chi connectivity index (χ4n) is 3.16. The number of esters is 2. The highest BCUT2D eigenvalue weighted by Gasteiger charge is 2.48. The third-order valence-corrected chi connectivity index (χ3v) is 4.62. The molecule has 0 atom stereocenters. The summed E-state index contributed by atoms with van der Waals surface area (Å²) in [6.07, 6.45) is 4.21. The number of furan rings is 1. The van der Waals surface area contributed by atoms with Gasteiger partial charge in [-0.3, -0.25) is 0 Å².